The summed E-state index contributed by atoms with van der Waals surface area (Å²) in [6, 6.07) is 0. The molecule has 0 amide bonds. The Kier molecular flexibility index (Phi) is 2.97. The Balaban J connectivity index is 2.87. The summed E-state index contributed by atoms with van der Waals surface area (Å²) in [6.45, 7) is 2.07. The number of hydrogen-bond acceptors (Lipinski definition) is 2. The zero-order chi connectivity index (χ0) is 8.97. The Morgan fingerprint density at radius 2 is 1.75 bits per heavy atom. The molecule has 0 radical (unpaired) electrons. The molecule has 0 bridgehead atoms. The molecule has 1 rings (SSSR count). The van der Waals surface area contributed by atoms with Gasteiger partial charge in [-0.2, -0.15) is 0 Å². The van der Waals surface area contributed by atoms with E-state index < -0.39 is 0 Å². The highest BCUT2D eigenvalue weighted by Crippen LogP contribution is 2.16. The van der Waals surface area contributed by atoms with Gasteiger partial charge in [0.1, 0.15) is 11.5 Å². The van der Waals surface area contributed by atoms with E-state index in [2.05, 4.69) is 6.92 Å². The van der Waals surface area contributed by atoms with Crippen LogP contribution >= 0.6 is 0 Å². The van der Waals surface area contributed by atoms with Crippen LogP contribution in [0.5, 0.6) is 0 Å². The number of rotatable bonds is 2. The van der Waals surface area contributed by atoms with E-state index in [9.17, 15) is 0 Å². The lowest BCUT2D eigenvalue weighted by Crippen LogP contribution is -1.85. The van der Waals surface area contributed by atoms with E-state index in [0.717, 1.165) is 17.9 Å². The topological polar surface area (TPSA) is 18.5 Å². The van der Waals surface area contributed by atoms with Gasteiger partial charge < -0.3 is 9.47 Å². The normalized spacial score (nSPS) is 17.1. The minimum absolute atomic E-state index is 0.845. The third-order valence-corrected chi connectivity index (χ3v) is 1.77. The summed E-state index contributed by atoms with van der Waals surface area (Å²) < 4.78 is 10.3. The molecular weight excluding hydrogens is 152 g/mol. The molecule has 0 atom stereocenters. The second-order valence-corrected chi connectivity index (χ2v) is 2.76. The van der Waals surface area contributed by atoms with Gasteiger partial charge >= 0.3 is 0 Å². The predicted octanol–water partition coefficient (Wildman–Crippen LogP) is 2.40. The highest BCUT2D eigenvalue weighted by atomic mass is 16.5. The van der Waals surface area contributed by atoms with Crippen LogP contribution in [0.25, 0.3) is 0 Å². The third-order valence-electron chi connectivity index (χ3n) is 1.77. The van der Waals surface area contributed by atoms with Crippen LogP contribution in [0, 0.1) is 0 Å². The molecule has 0 aromatic heterocycles. The quantitative estimate of drug-likeness (QED) is 0.627. The maximum atomic E-state index is 5.14. The summed E-state index contributed by atoms with van der Waals surface area (Å²) in [6.07, 6.45) is 6.86. The average molecular weight is 166 g/mol. The Morgan fingerprint density at radius 3 is 2.33 bits per heavy atom. The molecule has 0 saturated carbocycles. The van der Waals surface area contributed by atoms with E-state index in [1.54, 1.807) is 14.2 Å². The van der Waals surface area contributed by atoms with Crippen molar-refractivity contribution in [3.63, 3.8) is 0 Å². The van der Waals surface area contributed by atoms with E-state index in [-0.39, 0.29) is 0 Å². The smallest absolute Gasteiger partial charge is 0.122 e. The number of methoxy groups -OCH3 is 2. The van der Waals surface area contributed by atoms with Gasteiger partial charge in [-0.1, -0.05) is 5.57 Å². The second-order valence-electron chi connectivity index (χ2n) is 2.76. The molecule has 0 saturated heterocycles. The first-order chi connectivity index (χ1) is 5.76. The minimum atomic E-state index is 0.845. The molecule has 0 aromatic carbocycles. The van der Waals surface area contributed by atoms with Gasteiger partial charge in [0.15, 0.2) is 0 Å². The van der Waals surface area contributed by atoms with E-state index in [0.29, 0.717) is 0 Å². The van der Waals surface area contributed by atoms with Crippen molar-refractivity contribution in [1.82, 2.24) is 0 Å². The summed E-state index contributed by atoms with van der Waals surface area (Å²) in [7, 11) is 3.32. The largest absolute Gasteiger partial charge is 0.497 e. The molecule has 12 heavy (non-hydrogen) atoms. The van der Waals surface area contributed by atoms with E-state index in [4.69, 9.17) is 9.47 Å². The van der Waals surface area contributed by atoms with Crippen molar-refractivity contribution >= 4 is 0 Å². The SMILES string of the molecule is COC1=CCC(C)=CC(OC)=C1. The Morgan fingerprint density at radius 1 is 1.08 bits per heavy atom. The van der Waals surface area contributed by atoms with Crippen molar-refractivity contribution in [2.24, 2.45) is 0 Å². The van der Waals surface area contributed by atoms with Crippen LogP contribution in [-0.2, 0) is 9.47 Å². The minimum Gasteiger partial charge on any atom is -0.497 e. The maximum absolute atomic E-state index is 5.14. The molecule has 0 aliphatic heterocycles. The Bertz CT molecular complexity index is 247. The summed E-state index contributed by atoms with van der Waals surface area (Å²) in [5, 5.41) is 0. The molecular formula is C10H14O2. The molecule has 66 valence electrons. The van der Waals surface area contributed by atoms with Crippen LogP contribution in [0.15, 0.2) is 35.3 Å². The molecule has 0 heterocycles. The molecule has 0 fully saturated rings. The van der Waals surface area contributed by atoms with E-state index >= 15 is 0 Å². The lowest BCUT2D eigenvalue weighted by molar-refractivity contribution is 0.285. The molecule has 0 spiro atoms. The summed E-state index contributed by atoms with van der Waals surface area (Å²) in [5.41, 5.74) is 1.27. The Hall–Kier alpha value is -1.18. The zero-order valence-corrected chi connectivity index (χ0v) is 7.76. The average Bonchev–Trinajstić information content (AvgIpc) is 2.26. The first kappa shape index (κ1) is 8.91. The van der Waals surface area contributed by atoms with Gasteiger partial charge in [0.25, 0.3) is 0 Å². The monoisotopic (exact) mass is 166 g/mol. The van der Waals surface area contributed by atoms with Crippen molar-refractivity contribution in [2.75, 3.05) is 14.2 Å². The van der Waals surface area contributed by atoms with Crippen LogP contribution in [-0.4, -0.2) is 14.2 Å². The first-order valence-corrected chi connectivity index (χ1v) is 3.93. The molecule has 0 N–H and O–H groups in total. The van der Waals surface area contributed by atoms with Crippen LogP contribution in [0.2, 0.25) is 0 Å². The van der Waals surface area contributed by atoms with Crippen LogP contribution in [0.1, 0.15) is 13.3 Å². The fourth-order valence-electron chi connectivity index (χ4n) is 1.06. The summed E-state index contributed by atoms with van der Waals surface area (Å²) in [4.78, 5) is 0. The van der Waals surface area contributed by atoms with Crippen molar-refractivity contribution < 1.29 is 9.47 Å². The van der Waals surface area contributed by atoms with Crippen LogP contribution in [0.3, 0.4) is 0 Å². The zero-order valence-electron chi connectivity index (χ0n) is 7.76. The molecule has 1 aliphatic rings. The maximum Gasteiger partial charge on any atom is 0.122 e. The summed E-state index contributed by atoms with van der Waals surface area (Å²) in [5.74, 6) is 1.71. The molecule has 0 aromatic rings. The van der Waals surface area contributed by atoms with Crippen LogP contribution < -0.4 is 0 Å². The van der Waals surface area contributed by atoms with Gasteiger partial charge in [-0.15, -0.1) is 0 Å². The van der Waals surface area contributed by atoms with Gasteiger partial charge in [0.2, 0.25) is 0 Å². The molecule has 1 aliphatic carbocycles. The highest BCUT2D eigenvalue weighted by Gasteiger charge is 2.01. The van der Waals surface area contributed by atoms with Crippen molar-refractivity contribution in [3.05, 3.63) is 35.3 Å². The van der Waals surface area contributed by atoms with Crippen molar-refractivity contribution in [3.8, 4) is 0 Å². The molecule has 2 heteroatoms. The fraction of sp³-hybridized carbons (Fsp3) is 0.400. The lowest BCUT2D eigenvalue weighted by atomic mass is 10.2. The number of allylic oxidation sites excluding steroid dienone is 4. The first-order valence-electron chi connectivity index (χ1n) is 3.93. The standard InChI is InChI=1S/C10H14O2/c1-8-4-5-9(11-2)7-10(6-8)12-3/h5-7H,4H2,1-3H3. The van der Waals surface area contributed by atoms with Gasteiger partial charge in [-0.3, -0.25) is 0 Å². The second kappa shape index (κ2) is 4.00. The molecule has 2 nitrogen and oxygen atoms in total. The Labute approximate surface area is 73.2 Å². The number of ether oxygens (including phenoxy) is 2. The van der Waals surface area contributed by atoms with Gasteiger partial charge in [-0.25, -0.2) is 0 Å². The number of hydrogen-bond donors (Lipinski definition) is 0. The van der Waals surface area contributed by atoms with Crippen molar-refractivity contribution in [2.45, 2.75) is 13.3 Å². The van der Waals surface area contributed by atoms with Crippen molar-refractivity contribution in [1.29, 1.82) is 0 Å². The molecule has 0 unspecified atom stereocenters. The van der Waals surface area contributed by atoms with Gasteiger partial charge in [0.05, 0.1) is 14.2 Å². The fourth-order valence-corrected chi connectivity index (χ4v) is 1.06. The van der Waals surface area contributed by atoms with Gasteiger partial charge in [-0.05, 0) is 25.5 Å². The van der Waals surface area contributed by atoms with E-state index in [1.807, 2.05) is 18.2 Å². The van der Waals surface area contributed by atoms with Gasteiger partial charge in [0, 0.05) is 6.08 Å². The lowest BCUT2D eigenvalue weighted by Gasteiger charge is -2.01. The van der Waals surface area contributed by atoms with E-state index in [1.165, 1.54) is 5.57 Å². The predicted molar refractivity (Wildman–Crippen MR) is 48.6 cm³/mol. The highest BCUT2D eigenvalue weighted by molar-refractivity contribution is 5.30. The summed E-state index contributed by atoms with van der Waals surface area (Å²) >= 11 is 0. The van der Waals surface area contributed by atoms with Crippen LogP contribution in [0.4, 0.5) is 0 Å². The third kappa shape index (κ3) is 2.16.